The molecule has 1 atom stereocenters. The number of anilines is 1. The summed E-state index contributed by atoms with van der Waals surface area (Å²) in [5.74, 6) is -0.217. The summed E-state index contributed by atoms with van der Waals surface area (Å²) < 4.78 is 27.3. The zero-order valence-electron chi connectivity index (χ0n) is 13.4. The van der Waals surface area contributed by atoms with Crippen LogP contribution >= 0.6 is 11.3 Å². The van der Waals surface area contributed by atoms with Crippen molar-refractivity contribution in [2.24, 2.45) is 0 Å². The molecule has 1 heterocycles. The van der Waals surface area contributed by atoms with Gasteiger partial charge in [-0.05, 0) is 59.5 Å². The Morgan fingerprint density at radius 3 is 2.67 bits per heavy atom. The van der Waals surface area contributed by atoms with Gasteiger partial charge in [0, 0.05) is 19.2 Å². The van der Waals surface area contributed by atoms with Gasteiger partial charge in [-0.2, -0.15) is 11.3 Å². The first kappa shape index (κ1) is 18.6. The number of carbonyl (C=O) groups excluding carboxylic acids is 1. The van der Waals surface area contributed by atoms with E-state index in [2.05, 4.69) is 10.0 Å². The first-order valence-electron chi connectivity index (χ1n) is 7.37. The Labute approximate surface area is 145 Å². The van der Waals surface area contributed by atoms with E-state index in [1.807, 2.05) is 16.8 Å². The predicted molar refractivity (Wildman–Crippen MR) is 94.6 cm³/mol. The molecule has 2 aromatic rings. The molecular formula is C16H20N2O4S2. The minimum absolute atomic E-state index is 0.131. The summed E-state index contributed by atoms with van der Waals surface area (Å²) in [4.78, 5) is 11.2. The molecule has 0 saturated carbocycles. The Morgan fingerprint density at radius 2 is 2.08 bits per heavy atom. The number of thiophene rings is 1. The zero-order chi connectivity index (χ0) is 17.7. The second-order valence-corrected chi connectivity index (χ2v) is 7.94. The molecule has 0 radical (unpaired) electrons. The smallest absolute Gasteiger partial charge is 0.240 e. The molecule has 1 unspecified atom stereocenters. The van der Waals surface area contributed by atoms with Crippen molar-refractivity contribution in [1.29, 1.82) is 0 Å². The van der Waals surface area contributed by atoms with Crippen molar-refractivity contribution in [3.05, 3.63) is 46.2 Å². The van der Waals surface area contributed by atoms with Crippen molar-refractivity contribution in [3.8, 4) is 0 Å². The van der Waals surface area contributed by atoms with E-state index >= 15 is 0 Å². The average Bonchev–Trinajstić information content (AvgIpc) is 3.00. The van der Waals surface area contributed by atoms with Crippen molar-refractivity contribution in [2.75, 3.05) is 11.9 Å². The number of aryl methyl sites for hydroxylation is 1. The fraction of sp³-hybridized carbons (Fsp3) is 0.312. The Balaban J connectivity index is 2.01. The number of aliphatic hydroxyl groups is 1. The van der Waals surface area contributed by atoms with Gasteiger partial charge in [0.1, 0.15) is 0 Å². The fourth-order valence-electron chi connectivity index (χ4n) is 2.27. The number of aliphatic hydroxyl groups excluding tert-OH is 1. The van der Waals surface area contributed by atoms with Gasteiger partial charge in [0.05, 0.1) is 11.0 Å². The number of amides is 1. The maximum atomic E-state index is 12.4. The minimum atomic E-state index is -3.67. The molecule has 2 rings (SSSR count). The van der Waals surface area contributed by atoms with E-state index in [4.69, 9.17) is 0 Å². The fourth-order valence-corrected chi connectivity index (χ4v) is 4.25. The molecule has 1 aromatic carbocycles. The van der Waals surface area contributed by atoms with Crippen molar-refractivity contribution < 1.29 is 18.3 Å². The van der Waals surface area contributed by atoms with Gasteiger partial charge in [-0.15, -0.1) is 0 Å². The van der Waals surface area contributed by atoms with Crippen LogP contribution in [-0.2, 0) is 14.8 Å². The quantitative estimate of drug-likeness (QED) is 0.699. The SMILES string of the molecule is CC(=O)Nc1ccc(S(=O)(=O)NCCC(O)c2ccsc2)c(C)c1. The van der Waals surface area contributed by atoms with Gasteiger partial charge in [-0.1, -0.05) is 0 Å². The third-order valence-corrected chi connectivity index (χ3v) is 5.75. The first-order chi connectivity index (χ1) is 11.3. The van der Waals surface area contributed by atoms with Gasteiger partial charge in [0.2, 0.25) is 15.9 Å². The molecule has 130 valence electrons. The van der Waals surface area contributed by atoms with Gasteiger partial charge in [-0.3, -0.25) is 4.79 Å². The molecule has 1 aromatic heterocycles. The maximum Gasteiger partial charge on any atom is 0.240 e. The number of sulfonamides is 1. The molecular weight excluding hydrogens is 348 g/mol. The van der Waals surface area contributed by atoms with Gasteiger partial charge in [0.15, 0.2) is 0 Å². The van der Waals surface area contributed by atoms with E-state index in [0.717, 1.165) is 5.56 Å². The predicted octanol–water partition coefficient (Wildman–Crippen LogP) is 2.42. The molecule has 0 fully saturated rings. The normalized spacial score (nSPS) is 12.8. The summed E-state index contributed by atoms with van der Waals surface area (Å²) in [7, 11) is -3.67. The molecule has 24 heavy (non-hydrogen) atoms. The standard InChI is InChI=1S/C16H20N2O4S2/c1-11-9-14(18-12(2)19)3-4-16(11)24(21,22)17-7-5-15(20)13-6-8-23-10-13/h3-4,6,8-10,15,17,20H,5,7H2,1-2H3,(H,18,19). The second-order valence-electron chi connectivity index (χ2n) is 5.42. The van der Waals surface area contributed by atoms with E-state index < -0.39 is 16.1 Å². The van der Waals surface area contributed by atoms with Crippen LogP contribution in [0.2, 0.25) is 0 Å². The number of benzene rings is 1. The summed E-state index contributed by atoms with van der Waals surface area (Å²) in [5.41, 5.74) is 1.87. The van der Waals surface area contributed by atoms with Gasteiger partial charge in [0.25, 0.3) is 0 Å². The van der Waals surface area contributed by atoms with E-state index in [0.29, 0.717) is 17.7 Å². The molecule has 0 spiro atoms. The minimum Gasteiger partial charge on any atom is -0.388 e. The summed E-state index contributed by atoms with van der Waals surface area (Å²) in [5, 5.41) is 16.3. The molecule has 0 bridgehead atoms. The van der Waals surface area contributed by atoms with Crippen LogP contribution in [0.25, 0.3) is 0 Å². The van der Waals surface area contributed by atoms with Crippen LogP contribution in [0.1, 0.15) is 30.6 Å². The van der Waals surface area contributed by atoms with Gasteiger partial charge < -0.3 is 10.4 Å². The second kappa shape index (κ2) is 7.89. The monoisotopic (exact) mass is 368 g/mol. The molecule has 1 amide bonds. The Bertz CT molecular complexity index is 801. The summed E-state index contributed by atoms with van der Waals surface area (Å²) in [6.45, 7) is 3.19. The summed E-state index contributed by atoms with van der Waals surface area (Å²) >= 11 is 1.48. The third kappa shape index (κ3) is 4.88. The van der Waals surface area contributed by atoms with Crippen LogP contribution in [0.3, 0.4) is 0 Å². The summed E-state index contributed by atoms with van der Waals surface area (Å²) in [6.07, 6.45) is -0.402. The van der Waals surface area contributed by atoms with Crippen LogP contribution in [0.5, 0.6) is 0 Å². The van der Waals surface area contributed by atoms with Crippen molar-refractivity contribution in [3.63, 3.8) is 0 Å². The highest BCUT2D eigenvalue weighted by Crippen LogP contribution is 2.21. The lowest BCUT2D eigenvalue weighted by Crippen LogP contribution is -2.26. The van der Waals surface area contributed by atoms with Crippen molar-refractivity contribution in [1.82, 2.24) is 4.72 Å². The molecule has 3 N–H and O–H groups in total. The molecule has 0 aliphatic carbocycles. The number of hydrogen-bond donors (Lipinski definition) is 3. The van der Waals surface area contributed by atoms with Crippen molar-refractivity contribution in [2.45, 2.75) is 31.3 Å². The third-order valence-electron chi connectivity index (χ3n) is 3.42. The zero-order valence-corrected chi connectivity index (χ0v) is 15.1. The van der Waals surface area contributed by atoms with Crippen LogP contribution in [0.4, 0.5) is 5.69 Å². The largest absolute Gasteiger partial charge is 0.388 e. The van der Waals surface area contributed by atoms with Crippen LogP contribution in [0, 0.1) is 6.92 Å². The first-order valence-corrected chi connectivity index (χ1v) is 9.80. The number of hydrogen-bond acceptors (Lipinski definition) is 5. The average molecular weight is 368 g/mol. The Morgan fingerprint density at radius 1 is 1.33 bits per heavy atom. The molecule has 0 aliphatic rings. The van der Waals surface area contributed by atoms with Crippen LogP contribution in [0.15, 0.2) is 39.9 Å². The summed E-state index contributed by atoms with van der Waals surface area (Å²) in [6, 6.07) is 6.42. The van der Waals surface area contributed by atoms with E-state index in [1.54, 1.807) is 19.1 Å². The Kier molecular flexibility index (Phi) is 6.11. The highest BCUT2D eigenvalue weighted by atomic mass is 32.2. The molecule has 8 heteroatoms. The maximum absolute atomic E-state index is 12.4. The molecule has 6 nitrogen and oxygen atoms in total. The lowest BCUT2D eigenvalue weighted by Gasteiger charge is -2.13. The lowest BCUT2D eigenvalue weighted by molar-refractivity contribution is -0.114. The number of nitrogens with one attached hydrogen (secondary N) is 2. The van der Waals surface area contributed by atoms with E-state index in [9.17, 15) is 18.3 Å². The number of carbonyl (C=O) groups is 1. The van der Waals surface area contributed by atoms with Crippen LogP contribution < -0.4 is 10.0 Å². The van der Waals surface area contributed by atoms with Gasteiger partial charge in [-0.25, -0.2) is 13.1 Å². The molecule has 0 aliphatic heterocycles. The van der Waals surface area contributed by atoms with Gasteiger partial charge >= 0.3 is 0 Å². The highest BCUT2D eigenvalue weighted by molar-refractivity contribution is 7.89. The Hall–Kier alpha value is -1.74. The number of rotatable bonds is 7. The van der Waals surface area contributed by atoms with Crippen molar-refractivity contribution >= 4 is 33.0 Å². The van der Waals surface area contributed by atoms with E-state index in [1.165, 1.54) is 24.3 Å². The highest BCUT2D eigenvalue weighted by Gasteiger charge is 2.18. The lowest BCUT2D eigenvalue weighted by atomic mass is 10.1. The van der Waals surface area contributed by atoms with Crippen LogP contribution in [-0.4, -0.2) is 26.0 Å². The molecule has 0 saturated heterocycles. The van der Waals surface area contributed by atoms with E-state index in [-0.39, 0.29) is 17.3 Å². The topological polar surface area (TPSA) is 95.5 Å².